The van der Waals surface area contributed by atoms with Gasteiger partial charge in [-0.2, -0.15) is 0 Å². The molecule has 5 nitrogen and oxygen atoms in total. The first kappa shape index (κ1) is 18.0. The standard InChI is InChI=1S/C20H21FN4OS/c1-15-6-2-5-9-18(15)25-19(24-10-12-26-13-11-24)22-23-20(25)27-14-16-7-3-4-8-17(16)21/h2-9H,10-14H2,1H3. The number of benzene rings is 2. The molecule has 0 radical (unpaired) electrons. The van der Waals surface area contributed by atoms with E-state index in [9.17, 15) is 4.39 Å². The summed E-state index contributed by atoms with van der Waals surface area (Å²) in [6, 6.07) is 15.0. The SMILES string of the molecule is Cc1ccccc1-n1c(SCc2ccccc2F)nnc1N1CCOCC1. The molecular weight excluding hydrogens is 363 g/mol. The first-order valence-electron chi connectivity index (χ1n) is 8.94. The van der Waals surface area contributed by atoms with Gasteiger partial charge < -0.3 is 9.64 Å². The molecule has 2 heterocycles. The van der Waals surface area contributed by atoms with Crippen LogP contribution in [0.15, 0.2) is 53.7 Å². The Bertz CT molecular complexity index is 924. The molecule has 1 aliphatic rings. The van der Waals surface area contributed by atoms with Gasteiger partial charge in [-0.25, -0.2) is 4.39 Å². The van der Waals surface area contributed by atoms with Gasteiger partial charge in [-0.15, -0.1) is 10.2 Å². The van der Waals surface area contributed by atoms with E-state index < -0.39 is 0 Å². The van der Waals surface area contributed by atoms with Crippen LogP contribution in [0.3, 0.4) is 0 Å². The van der Waals surface area contributed by atoms with Gasteiger partial charge in [0.05, 0.1) is 18.9 Å². The molecule has 0 atom stereocenters. The van der Waals surface area contributed by atoms with Crippen LogP contribution >= 0.6 is 11.8 Å². The number of para-hydroxylation sites is 1. The first-order valence-corrected chi connectivity index (χ1v) is 9.93. The third-order valence-electron chi connectivity index (χ3n) is 4.58. The lowest BCUT2D eigenvalue weighted by molar-refractivity contribution is 0.122. The van der Waals surface area contributed by atoms with Gasteiger partial charge in [0.15, 0.2) is 5.16 Å². The molecule has 1 saturated heterocycles. The van der Waals surface area contributed by atoms with Crippen molar-refractivity contribution in [2.75, 3.05) is 31.2 Å². The van der Waals surface area contributed by atoms with Crippen LogP contribution in [0.2, 0.25) is 0 Å². The van der Waals surface area contributed by atoms with E-state index in [-0.39, 0.29) is 5.82 Å². The summed E-state index contributed by atoms with van der Waals surface area (Å²) in [7, 11) is 0. The van der Waals surface area contributed by atoms with Crippen LogP contribution in [0, 0.1) is 12.7 Å². The summed E-state index contributed by atoms with van der Waals surface area (Å²) in [6.07, 6.45) is 0. The zero-order valence-corrected chi connectivity index (χ0v) is 16.0. The predicted molar refractivity (Wildman–Crippen MR) is 105 cm³/mol. The molecule has 1 aromatic heterocycles. The lowest BCUT2D eigenvalue weighted by Crippen LogP contribution is -2.38. The number of aromatic nitrogens is 3. The molecule has 3 aromatic rings. The predicted octanol–water partition coefficient (Wildman–Crippen LogP) is 3.84. The number of rotatable bonds is 5. The molecule has 1 aliphatic heterocycles. The van der Waals surface area contributed by atoms with Gasteiger partial charge in [-0.3, -0.25) is 4.57 Å². The van der Waals surface area contributed by atoms with Gasteiger partial charge in [-0.05, 0) is 30.2 Å². The van der Waals surface area contributed by atoms with Gasteiger partial charge in [0.2, 0.25) is 5.95 Å². The monoisotopic (exact) mass is 384 g/mol. The average molecular weight is 384 g/mol. The fourth-order valence-electron chi connectivity index (χ4n) is 3.11. The summed E-state index contributed by atoms with van der Waals surface area (Å²) < 4.78 is 21.5. The van der Waals surface area contributed by atoms with Crippen molar-refractivity contribution in [3.8, 4) is 5.69 Å². The van der Waals surface area contributed by atoms with E-state index in [0.717, 1.165) is 35.4 Å². The van der Waals surface area contributed by atoms with Crippen LogP contribution in [0.5, 0.6) is 0 Å². The molecule has 4 rings (SSSR count). The summed E-state index contributed by atoms with van der Waals surface area (Å²) in [5, 5.41) is 9.64. The molecule has 0 unspecified atom stereocenters. The molecule has 0 bridgehead atoms. The van der Waals surface area contributed by atoms with Crippen LogP contribution in [-0.2, 0) is 10.5 Å². The van der Waals surface area contributed by atoms with E-state index in [2.05, 4.69) is 38.7 Å². The Morgan fingerprint density at radius 2 is 1.78 bits per heavy atom. The Kier molecular flexibility index (Phi) is 5.40. The van der Waals surface area contributed by atoms with Crippen molar-refractivity contribution >= 4 is 17.7 Å². The Morgan fingerprint density at radius 3 is 2.56 bits per heavy atom. The van der Waals surface area contributed by atoms with E-state index in [1.54, 1.807) is 12.1 Å². The zero-order valence-electron chi connectivity index (χ0n) is 15.1. The van der Waals surface area contributed by atoms with E-state index in [4.69, 9.17) is 4.74 Å². The number of nitrogens with zero attached hydrogens (tertiary/aromatic N) is 4. The maximum Gasteiger partial charge on any atom is 0.232 e. The molecule has 0 spiro atoms. The van der Waals surface area contributed by atoms with Crippen LogP contribution in [0.1, 0.15) is 11.1 Å². The van der Waals surface area contributed by atoms with E-state index in [0.29, 0.717) is 24.5 Å². The number of halogens is 1. The Hall–Kier alpha value is -2.38. The van der Waals surface area contributed by atoms with E-state index in [1.807, 2.05) is 18.2 Å². The van der Waals surface area contributed by atoms with Crippen LogP contribution in [-0.4, -0.2) is 41.1 Å². The van der Waals surface area contributed by atoms with Gasteiger partial charge >= 0.3 is 0 Å². The van der Waals surface area contributed by atoms with Crippen LogP contribution < -0.4 is 4.90 Å². The van der Waals surface area contributed by atoms with Gasteiger partial charge in [0.25, 0.3) is 0 Å². The number of anilines is 1. The summed E-state index contributed by atoms with van der Waals surface area (Å²) >= 11 is 1.49. The molecule has 7 heteroatoms. The summed E-state index contributed by atoms with van der Waals surface area (Å²) in [5.41, 5.74) is 2.84. The topological polar surface area (TPSA) is 43.2 Å². The Labute approximate surface area is 162 Å². The van der Waals surface area contributed by atoms with E-state index in [1.165, 1.54) is 17.8 Å². The number of hydrogen-bond donors (Lipinski definition) is 0. The van der Waals surface area contributed by atoms with Crippen molar-refractivity contribution in [1.29, 1.82) is 0 Å². The highest BCUT2D eigenvalue weighted by Crippen LogP contribution is 2.30. The maximum atomic E-state index is 14.0. The fourth-order valence-corrected chi connectivity index (χ4v) is 4.03. The maximum absolute atomic E-state index is 14.0. The Morgan fingerprint density at radius 1 is 1.04 bits per heavy atom. The minimum Gasteiger partial charge on any atom is -0.378 e. The summed E-state index contributed by atoms with van der Waals surface area (Å²) in [4.78, 5) is 2.19. The molecule has 0 aliphatic carbocycles. The van der Waals surface area contributed by atoms with Crippen LogP contribution in [0.25, 0.3) is 5.69 Å². The molecule has 0 amide bonds. The van der Waals surface area contributed by atoms with Gasteiger partial charge in [0.1, 0.15) is 5.82 Å². The lowest BCUT2D eigenvalue weighted by Gasteiger charge is -2.28. The summed E-state index contributed by atoms with van der Waals surface area (Å²) in [5.74, 6) is 1.11. The minimum atomic E-state index is -0.194. The third kappa shape index (κ3) is 3.84. The van der Waals surface area contributed by atoms with Crippen molar-refractivity contribution in [2.45, 2.75) is 17.8 Å². The highest BCUT2D eigenvalue weighted by atomic mass is 32.2. The van der Waals surface area contributed by atoms with Crippen molar-refractivity contribution < 1.29 is 9.13 Å². The molecule has 1 fully saturated rings. The molecule has 27 heavy (non-hydrogen) atoms. The third-order valence-corrected chi connectivity index (χ3v) is 5.56. The molecule has 0 N–H and O–H groups in total. The second kappa shape index (κ2) is 8.10. The number of thioether (sulfide) groups is 1. The number of aryl methyl sites for hydroxylation is 1. The highest BCUT2D eigenvalue weighted by molar-refractivity contribution is 7.98. The fraction of sp³-hybridized carbons (Fsp3) is 0.300. The second-order valence-electron chi connectivity index (χ2n) is 6.38. The lowest BCUT2D eigenvalue weighted by atomic mass is 10.2. The molecule has 0 saturated carbocycles. The Balaban J connectivity index is 1.70. The summed E-state index contributed by atoms with van der Waals surface area (Å²) in [6.45, 7) is 4.99. The van der Waals surface area contributed by atoms with Crippen molar-refractivity contribution in [3.63, 3.8) is 0 Å². The molecule has 2 aromatic carbocycles. The smallest absolute Gasteiger partial charge is 0.232 e. The van der Waals surface area contributed by atoms with Crippen molar-refractivity contribution in [3.05, 3.63) is 65.5 Å². The van der Waals surface area contributed by atoms with Gasteiger partial charge in [0, 0.05) is 18.8 Å². The zero-order chi connectivity index (χ0) is 18.6. The molecular formula is C20H21FN4OS. The number of morpholine rings is 1. The second-order valence-corrected chi connectivity index (χ2v) is 7.33. The highest BCUT2D eigenvalue weighted by Gasteiger charge is 2.22. The molecule has 140 valence electrons. The number of ether oxygens (including phenoxy) is 1. The van der Waals surface area contributed by atoms with Crippen molar-refractivity contribution in [2.24, 2.45) is 0 Å². The average Bonchev–Trinajstić information content (AvgIpc) is 3.12. The largest absolute Gasteiger partial charge is 0.378 e. The van der Waals surface area contributed by atoms with E-state index >= 15 is 0 Å². The quantitative estimate of drug-likeness (QED) is 0.625. The number of hydrogen-bond acceptors (Lipinski definition) is 5. The normalized spacial score (nSPS) is 14.5. The first-order chi connectivity index (χ1) is 13.2. The van der Waals surface area contributed by atoms with Gasteiger partial charge in [-0.1, -0.05) is 48.2 Å². The van der Waals surface area contributed by atoms with Crippen LogP contribution in [0.4, 0.5) is 10.3 Å². The van der Waals surface area contributed by atoms with Crippen molar-refractivity contribution in [1.82, 2.24) is 14.8 Å². The minimum absolute atomic E-state index is 0.194.